The zero-order valence-electron chi connectivity index (χ0n) is 19.1. The summed E-state index contributed by atoms with van der Waals surface area (Å²) in [6, 6.07) is 6.17. The minimum atomic E-state index is -0.559. The molecule has 0 spiro atoms. The number of imidazole rings is 1. The predicted octanol–water partition coefficient (Wildman–Crippen LogP) is 2.06. The Morgan fingerprint density at radius 1 is 1.24 bits per heavy atom. The Labute approximate surface area is 198 Å². The van der Waals surface area contributed by atoms with E-state index < -0.39 is 5.54 Å². The topological polar surface area (TPSA) is 90.7 Å². The van der Waals surface area contributed by atoms with Crippen LogP contribution in [0, 0.1) is 5.92 Å². The van der Waals surface area contributed by atoms with Gasteiger partial charge < -0.3 is 24.8 Å². The molecule has 33 heavy (non-hydrogen) atoms. The van der Waals surface area contributed by atoms with Gasteiger partial charge in [-0.05, 0) is 32.9 Å². The first-order valence-electron chi connectivity index (χ1n) is 11.3. The smallest absolute Gasteiger partial charge is 0.227 e. The lowest BCUT2D eigenvalue weighted by Gasteiger charge is -2.41. The van der Waals surface area contributed by atoms with Crippen LogP contribution in [0.1, 0.15) is 26.5 Å². The Balaban J connectivity index is 1.26. The van der Waals surface area contributed by atoms with Crippen molar-refractivity contribution in [2.75, 3.05) is 42.5 Å². The number of aromatic nitrogens is 4. The van der Waals surface area contributed by atoms with Gasteiger partial charge in [-0.15, -0.1) is 0 Å². The fourth-order valence-electron chi connectivity index (χ4n) is 4.53. The molecule has 0 bridgehead atoms. The molecule has 3 aromatic rings. The van der Waals surface area contributed by atoms with Crippen LogP contribution in [0.25, 0.3) is 5.65 Å². The van der Waals surface area contributed by atoms with Crippen molar-refractivity contribution in [3.05, 3.63) is 47.5 Å². The van der Waals surface area contributed by atoms with Gasteiger partial charge in [0.05, 0.1) is 29.5 Å². The van der Waals surface area contributed by atoms with Crippen molar-refractivity contribution in [2.45, 2.75) is 32.4 Å². The number of anilines is 2. The summed E-state index contributed by atoms with van der Waals surface area (Å²) in [4.78, 5) is 30.9. The van der Waals surface area contributed by atoms with E-state index in [1.807, 2.05) is 53.7 Å². The predicted molar refractivity (Wildman–Crippen MR) is 129 cm³/mol. The number of nitrogens with one attached hydrogen (secondary N) is 2. The Morgan fingerprint density at radius 2 is 2.06 bits per heavy atom. The van der Waals surface area contributed by atoms with Gasteiger partial charge in [0.25, 0.3) is 0 Å². The SMILES string of the molecule is C[C@@H]1CNCCN1c1ncc(Cl)c(N2CC(C(=O)NC(C)(C)c3cnc4ccccn34)C2)n1. The van der Waals surface area contributed by atoms with E-state index in [1.165, 1.54) is 0 Å². The van der Waals surface area contributed by atoms with E-state index in [1.54, 1.807) is 6.20 Å². The summed E-state index contributed by atoms with van der Waals surface area (Å²) in [7, 11) is 0. The molecule has 10 heteroatoms. The maximum atomic E-state index is 13.0. The molecule has 2 N–H and O–H groups in total. The van der Waals surface area contributed by atoms with Gasteiger partial charge in [0.15, 0.2) is 5.82 Å². The highest BCUT2D eigenvalue weighted by molar-refractivity contribution is 6.32. The normalized spacial score (nSPS) is 19.6. The lowest BCUT2D eigenvalue weighted by Crippen LogP contribution is -2.57. The fraction of sp³-hybridized carbons (Fsp3) is 0.478. The lowest BCUT2D eigenvalue weighted by molar-refractivity contribution is -0.127. The highest BCUT2D eigenvalue weighted by Crippen LogP contribution is 2.32. The molecule has 1 atom stereocenters. The standard InChI is InChI=1S/C23H29ClN8O/c1-15-10-25-7-9-31(15)22-27-11-17(24)20(28-22)30-13-16(14-30)21(33)29-23(2,3)18-12-26-19-6-4-5-8-32(18)19/h4-6,8,11-12,15-16,25H,7,9-10,13-14H2,1-3H3,(H,29,33)/t15-/m1/s1. The second-order valence-corrected chi connectivity index (χ2v) is 9.78. The van der Waals surface area contributed by atoms with E-state index in [2.05, 4.69) is 32.4 Å². The molecule has 0 aliphatic carbocycles. The van der Waals surface area contributed by atoms with Gasteiger partial charge in [-0.25, -0.2) is 9.97 Å². The highest BCUT2D eigenvalue weighted by atomic mass is 35.5. The van der Waals surface area contributed by atoms with E-state index in [0.29, 0.717) is 35.9 Å². The number of hydrogen-bond donors (Lipinski definition) is 2. The van der Waals surface area contributed by atoms with Crippen molar-refractivity contribution >= 4 is 34.9 Å². The first-order chi connectivity index (χ1) is 15.8. The van der Waals surface area contributed by atoms with E-state index in [4.69, 9.17) is 16.6 Å². The molecule has 1 amide bonds. The third kappa shape index (κ3) is 4.11. The van der Waals surface area contributed by atoms with Crippen LogP contribution in [0.15, 0.2) is 36.8 Å². The molecule has 2 aliphatic heterocycles. The van der Waals surface area contributed by atoms with Gasteiger partial charge in [-0.3, -0.25) is 4.79 Å². The first-order valence-corrected chi connectivity index (χ1v) is 11.7. The molecule has 0 radical (unpaired) electrons. The lowest BCUT2D eigenvalue weighted by atomic mass is 9.95. The number of nitrogens with zero attached hydrogens (tertiary/aromatic N) is 6. The number of hydrogen-bond acceptors (Lipinski definition) is 7. The Bertz CT molecular complexity index is 1170. The number of carbonyl (C=O) groups is 1. The molecule has 0 saturated carbocycles. The monoisotopic (exact) mass is 468 g/mol. The molecular weight excluding hydrogens is 440 g/mol. The molecule has 0 aromatic carbocycles. The third-order valence-corrected chi connectivity index (χ3v) is 6.78. The van der Waals surface area contributed by atoms with Crippen molar-refractivity contribution in [3.8, 4) is 0 Å². The highest BCUT2D eigenvalue weighted by Gasteiger charge is 2.38. The Kier molecular flexibility index (Phi) is 5.62. The molecule has 0 unspecified atom stereocenters. The summed E-state index contributed by atoms with van der Waals surface area (Å²) >= 11 is 6.43. The Morgan fingerprint density at radius 3 is 2.85 bits per heavy atom. The van der Waals surface area contributed by atoms with Crippen molar-refractivity contribution in [1.82, 2.24) is 30.0 Å². The van der Waals surface area contributed by atoms with Crippen LogP contribution >= 0.6 is 11.6 Å². The van der Waals surface area contributed by atoms with E-state index in [9.17, 15) is 4.79 Å². The van der Waals surface area contributed by atoms with E-state index in [0.717, 1.165) is 31.0 Å². The number of amides is 1. The zero-order chi connectivity index (χ0) is 23.2. The molecule has 9 nitrogen and oxygen atoms in total. The third-order valence-electron chi connectivity index (χ3n) is 6.52. The zero-order valence-corrected chi connectivity index (χ0v) is 19.9. The number of piperazine rings is 1. The molecule has 3 aromatic heterocycles. The Hall–Kier alpha value is -2.91. The van der Waals surface area contributed by atoms with E-state index >= 15 is 0 Å². The number of halogens is 1. The van der Waals surface area contributed by atoms with Crippen LogP contribution in [-0.4, -0.2) is 64.0 Å². The van der Waals surface area contributed by atoms with Crippen molar-refractivity contribution in [3.63, 3.8) is 0 Å². The van der Waals surface area contributed by atoms with Gasteiger partial charge >= 0.3 is 0 Å². The van der Waals surface area contributed by atoms with Gasteiger partial charge in [0.1, 0.15) is 10.7 Å². The second kappa shape index (κ2) is 8.46. The maximum absolute atomic E-state index is 13.0. The average molecular weight is 469 g/mol. The van der Waals surface area contributed by atoms with Crippen LogP contribution in [0.4, 0.5) is 11.8 Å². The number of carbonyl (C=O) groups excluding carboxylic acids is 1. The van der Waals surface area contributed by atoms with Crippen LogP contribution in [0.2, 0.25) is 5.02 Å². The summed E-state index contributed by atoms with van der Waals surface area (Å²) in [6.07, 6.45) is 5.45. The summed E-state index contributed by atoms with van der Waals surface area (Å²) < 4.78 is 2.01. The van der Waals surface area contributed by atoms with E-state index in [-0.39, 0.29) is 11.8 Å². The average Bonchev–Trinajstić information content (AvgIpc) is 3.19. The minimum absolute atomic E-state index is 0.0169. The molecular formula is C23H29ClN8O. The quantitative estimate of drug-likeness (QED) is 0.592. The molecule has 174 valence electrons. The van der Waals surface area contributed by atoms with Gasteiger partial charge in [0.2, 0.25) is 11.9 Å². The van der Waals surface area contributed by atoms with Crippen LogP contribution < -0.4 is 20.4 Å². The number of fused-ring (bicyclic) bond motifs is 1. The summed E-state index contributed by atoms with van der Waals surface area (Å²) in [5.74, 6) is 1.27. The number of pyridine rings is 1. The summed E-state index contributed by atoms with van der Waals surface area (Å²) in [5, 5.41) is 7.09. The first kappa shape index (κ1) is 21.9. The fourth-order valence-corrected chi connectivity index (χ4v) is 4.74. The molecule has 5 heterocycles. The second-order valence-electron chi connectivity index (χ2n) is 9.38. The minimum Gasteiger partial charge on any atom is -0.353 e. The molecule has 2 saturated heterocycles. The van der Waals surface area contributed by atoms with Crippen LogP contribution in [-0.2, 0) is 10.3 Å². The van der Waals surface area contributed by atoms with Gasteiger partial charge in [0, 0.05) is 45.0 Å². The van der Waals surface area contributed by atoms with Gasteiger partial charge in [-0.2, -0.15) is 4.98 Å². The largest absolute Gasteiger partial charge is 0.353 e. The molecule has 5 rings (SSSR count). The number of rotatable bonds is 5. The molecule has 2 aliphatic rings. The summed E-state index contributed by atoms with van der Waals surface area (Å²) in [6.45, 7) is 9.95. The van der Waals surface area contributed by atoms with Crippen molar-refractivity contribution in [2.24, 2.45) is 5.92 Å². The molecule has 2 fully saturated rings. The maximum Gasteiger partial charge on any atom is 0.227 e. The van der Waals surface area contributed by atoms with Crippen LogP contribution in [0.5, 0.6) is 0 Å². The van der Waals surface area contributed by atoms with Crippen molar-refractivity contribution < 1.29 is 4.79 Å². The van der Waals surface area contributed by atoms with Crippen molar-refractivity contribution in [1.29, 1.82) is 0 Å². The van der Waals surface area contributed by atoms with Gasteiger partial charge in [-0.1, -0.05) is 17.7 Å². The summed E-state index contributed by atoms with van der Waals surface area (Å²) in [5.41, 5.74) is 1.24. The van der Waals surface area contributed by atoms with Crippen LogP contribution in [0.3, 0.4) is 0 Å².